The molecule has 0 spiro atoms. The molecule has 1 aromatic heterocycles. The van der Waals surface area contributed by atoms with Crippen LogP contribution < -0.4 is 10.6 Å². The van der Waals surface area contributed by atoms with Crippen LogP contribution >= 0.6 is 0 Å². The van der Waals surface area contributed by atoms with E-state index in [0.717, 1.165) is 11.1 Å². The highest BCUT2D eigenvalue weighted by molar-refractivity contribution is 6.14. The van der Waals surface area contributed by atoms with Crippen molar-refractivity contribution < 1.29 is 0 Å². The van der Waals surface area contributed by atoms with Crippen molar-refractivity contribution in [2.24, 2.45) is 4.99 Å². The van der Waals surface area contributed by atoms with Crippen LogP contribution in [0.1, 0.15) is 29.0 Å². The summed E-state index contributed by atoms with van der Waals surface area (Å²) in [7, 11) is 0. The molecule has 0 aliphatic heterocycles. The monoisotopic (exact) mass is 670 g/mol. The second-order valence-electron chi connectivity index (χ2n) is 13.3. The van der Waals surface area contributed by atoms with Gasteiger partial charge in [0.2, 0.25) is 0 Å². The Morgan fingerprint density at radius 3 is 1.92 bits per heavy atom. The topological polar surface area (TPSA) is 41.4 Å². The van der Waals surface area contributed by atoms with Gasteiger partial charge in [0, 0.05) is 22.7 Å². The van der Waals surface area contributed by atoms with Crippen molar-refractivity contribution in [1.29, 1.82) is 0 Å². The smallest absolute Gasteiger partial charge is 0.126 e. The SMILES string of the molecule is C=NC(NC(NCc1cccc2c(-n3c4ccccc4c4cc5ccccc5cc43)cccc12)c1ccccc1)c1ccc(-c2ccccc2)cc1. The van der Waals surface area contributed by atoms with Gasteiger partial charge in [0.05, 0.1) is 22.9 Å². The summed E-state index contributed by atoms with van der Waals surface area (Å²) in [5, 5.41) is 15.1. The second-order valence-corrected chi connectivity index (χ2v) is 13.3. The summed E-state index contributed by atoms with van der Waals surface area (Å²) in [6.07, 6.45) is -0.470. The highest BCUT2D eigenvalue weighted by atomic mass is 15.2. The lowest BCUT2D eigenvalue weighted by Crippen LogP contribution is -2.36. The lowest BCUT2D eigenvalue weighted by atomic mass is 10.0. The number of benzene rings is 8. The summed E-state index contributed by atoms with van der Waals surface area (Å²) in [6, 6.07) is 64.9. The fraction of sp³-hybridized carbons (Fsp3) is 0.0625. The number of hydrogen-bond acceptors (Lipinski definition) is 3. The third-order valence-corrected chi connectivity index (χ3v) is 10.2. The first-order chi connectivity index (χ1) is 25.7. The number of rotatable bonds is 10. The van der Waals surface area contributed by atoms with Crippen LogP contribution in [0.4, 0.5) is 0 Å². The summed E-state index contributed by atoms with van der Waals surface area (Å²) in [5.41, 5.74) is 9.38. The fourth-order valence-electron chi connectivity index (χ4n) is 7.65. The van der Waals surface area contributed by atoms with Gasteiger partial charge in [-0.05, 0) is 75.0 Å². The number of nitrogens with one attached hydrogen (secondary N) is 2. The van der Waals surface area contributed by atoms with Crippen molar-refractivity contribution in [3.8, 4) is 16.8 Å². The Morgan fingerprint density at radius 2 is 1.13 bits per heavy atom. The van der Waals surface area contributed by atoms with Crippen LogP contribution in [-0.4, -0.2) is 11.3 Å². The molecule has 0 radical (unpaired) electrons. The van der Waals surface area contributed by atoms with Crippen molar-refractivity contribution in [3.05, 3.63) is 199 Å². The van der Waals surface area contributed by atoms with Crippen molar-refractivity contribution in [2.45, 2.75) is 18.9 Å². The van der Waals surface area contributed by atoms with Gasteiger partial charge >= 0.3 is 0 Å². The molecule has 9 aromatic rings. The maximum atomic E-state index is 4.54. The fourth-order valence-corrected chi connectivity index (χ4v) is 7.65. The van der Waals surface area contributed by atoms with E-state index in [2.05, 4.69) is 203 Å². The summed E-state index contributed by atoms with van der Waals surface area (Å²) < 4.78 is 2.44. The van der Waals surface area contributed by atoms with Crippen molar-refractivity contribution in [3.63, 3.8) is 0 Å². The third kappa shape index (κ3) is 5.84. The molecule has 0 fully saturated rings. The molecule has 1 heterocycles. The Hall–Kier alpha value is -6.33. The lowest BCUT2D eigenvalue weighted by Gasteiger charge is -2.26. The van der Waals surface area contributed by atoms with Gasteiger partial charge in [-0.3, -0.25) is 15.6 Å². The number of para-hydroxylation sites is 1. The number of hydrogen-bond donors (Lipinski definition) is 2. The minimum atomic E-state index is -0.298. The predicted molar refractivity (Wildman–Crippen MR) is 219 cm³/mol. The van der Waals surface area contributed by atoms with Crippen LogP contribution in [0.2, 0.25) is 0 Å². The van der Waals surface area contributed by atoms with Gasteiger partial charge < -0.3 is 4.57 Å². The van der Waals surface area contributed by atoms with Gasteiger partial charge in [-0.2, -0.15) is 0 Å². The molecule has 0 bridgehead atoms. The first-order valence-corrected chi connectivity index (χ1v) is 17.8. The van der Waals surface area contributed by atoms with Crippen LogP contribution in [-0.2, 0) is 6.54 Å². The summed E-state index contributed by atoms with van der Waals surface area (Å²) in [6.45, 7) is 4.63. The average molecular weight is 671 g/mol. The first kappa shape index (κ1) is 31.6. The van der Waals surface area contributed by atoms with E-state index in [0.29, 0.717) is 6.54 Å². The van der Waals surface area contributed by atoms with Crippen LogP contribution in [0.3, 0.4) is 0 Å². The van der Waals surface area contributed by atoms with Crippen LogP contribution in [0.5, 0.6) is 0 Å². The zero-order chi connectivity index (χ0) is 34.9. The summed E-state index contributed by atoms with van der Waals surface area (Å²) >= 11 is 0. The van der Waals surface area contributed by atoms with E-state index in [1.54, 1.807) is 0 Å². The summed E-state index contributed by atoms with van der Waals surface area (Å²) in [4.78, 5) is 4.54. The molecule has 2 N–H and O–H groups in total. The molecular formula is C48H38N4. The van der Waals surface area contributed by atoms with Crippen LogP contribution in [0.15, 0.2) is 187 Å². The molecular weight excluding hydrogens is 633 g/mol. The van der Waals surface area contributed by atoms with E-state index in [1.165, 1.54) is 65.7 Å². The van der Waals surface area contributed by atoms with E-state index < -0.39 is 0 Å². The normalized spacial score (nSPS) is 12.8. The summed E-state index contributed by atoms with van der Waals surface area (Å²) in [5.74, 6) is 0. The second kappa shape index (κ2) is 13.8. The molecule has 250 valence electrons. The molecule has 0 aliphatic carbocycles. The Labute approximate surface area is 303 Å². The van der Waals surface area contributed by atoms with E-state index in [1.807, 2.05) is 6.07 Å². The van der Waals surface area contributed by atoms with Gasteiger partial charge in [0.1, 0.15) is 6.17 Å². The Balaban J connectivity index is 1.06. The molecule has 8 aromatic carbocycles. The van der Waals surface area contributed by atoms with E-state index >= 15 is 0 Å². The third-order valence-electron chi connectivity index (χ3n) is 10.2. The van der Waals surface area contributed by atoms with Crippen molar-refractivity contribution in [2.75, 3.05) is 0 Å². The Kier molecular flexibility index (Phi) is 8.37. The van der Waals surface area contributed by atoms with E-state index in [9.17, 15) is 0 Å². The largest absolute Gasteiger partial charge is 0.309 e. The van der Waals surface area contributed by atoms with Gasteiger partial charge in [-0.1, -0.05) is 158 Å². The predicted octanol–water partition coefficient (Wildman–Crippen LogP) is 11.5. The van der Waals surface area contributed by atoms with Crippen molar-refractivity contribution in [1.82, 2.24) is 15.2 Å². The van der Waals surface area contributed by atoms with Gasteiger partial charge in [0.25, 0.3) is 0 Å². The molecule has 9 rings (SSSR count). The maximum absolute atomic E-state index is 4.54. The Bertz CT molecular complexity index is 2680. The van der Waals surface area contributed by atoms with Crippen molar-refractivity contribution >= 4 is 50.1 Å². The van der Waals surface area contributed by atoms with E-state index in [4.69, 9.17) is 0 Å². The quantitative estimate of drug-likeness (QED) is 0.112. The van der Waals surface area contributed by atoms with E-state index in [-0.39, 0.29) is 12.3 Å². The molecule has 4 heteroatoms. The minimum Gasteiger partial charge on any atom is -0.309 e. The van der Waals surface area contributed by atoms with Crippen LogP contribution in [0, 0.1) is 0 Å². The molecule has 4 nitrogen and oxygen atoms in total. The molecule has 2 unspecified atom stereocenters. The molecule has 0 saturated carbocycles. The van der Waals surface area contributed by atoms with Crippen LogP contribution in [0.25, 0.3) is 60.2 Å². The highest BCUT2D eigenvalue weighted by Gasteiger charge is 2.19. The van der Waals surface area contributed by atoms with Gasteiger partial charge in [-0.15, -0.1) is 0 Å². The molecule has 0 amide bonds. The zero-order valence-electron chi connectivity index (χ0n) is 28.8. The number of aromatic nitrogens is 1. The molecule has 2 atom stereocenters. The molecule has 0 saturated heterocycles. The number of aliphatic imine (C=N–C) groups is 1. The number of nitrogens with zero attached hydrogens (tertiary/aromatic N) is 2. The average Bonchev–Trinajstić information content (AvgIpc) is 3.53. The lowest BCUT2D eigenvalue weighted by molar-refractivity contribution is 0.388. The standard InChI is InChI=1S/C48H38N4/c1-49-47(36-28-26-34(27-29-36)33-14-4-2-5-15-33)51-48(35-16-6-3-7-17-35)50-32-39-20-12-23-41-40(39)22-13-25-45(41)52-44-24-11-10-21-42(44)43-30-37-18-8-9-19-38(37)31-46(43)52/h2-31,47-48,50-51H,1,32H2. The Morgan fingerprint density at radius 1 is 0.500 bits per heavy atom. The number of fused-ring (bicyclic) bond motifs is 5. The van der Waals surface area contributed by atoms with Gasteiger partial charge in [-0.25, -0.2) is 0 Å². The highest BCUT2D eigenvalue weighted by Crippen LogP contribution is 2.37. The molecule has 0 aliphatic rings. The van der Waals surface area contributed by atoms with Gasteiger partial charge in [0.15, 0.2) is 0 Å². The minimum absolute atomic E-state index is 0.172. The zero-order valence-corrected chi connectivity index (χ0v) is 28.8. The first-order valence-electron chi connectivity index (χ1n) is 17.8. The molecule has 52 heavy (non-hydrogen) atoms. The maximum Gasteiger partial charge on any atom is 0.126 e.